The highest BCUT2D eigenvalue weighted by Gasteiger charge is 2.11. The number of nitrogens with one attached hydrogen (secondary N) is 2. The van der Waals surface area contributed by atoms with E-state index in [9.17, 15) is 0 Å². The van der Waals surface area contributed by atoms with Gasteiger partial charge in [0.05, 0.1) is 0 Å². The topological polar surface area (TPSA) is 78.9 Å². The van der Waals surface area contributed by atoms with Gasteiger partial charge in [0.2, 0.25) is 5.95 Å². The maximum absolute atomic E-state index is 4.42. The first-order valence-electron chi connectivity index (χ1n) is 7.65. The zero-order chi connectivity index (χ0) is 15.5. The van der Waals surface area contributed by atoms with Gasteiger partial charge < -0.3 is 15.5 Å². The fraction of sp³-hybridized carbons (Fsp3) is 0.250. The van der Waals surface area contributed by atoms with E-state index in [-0.39, 0.29) is 0 Å². The molecule has 0 atom stereocenters. The second kappa shape index (κ2) is 6.13. The van der Waals surface area contributed by atoms with Gasteiger partial charge in [-0.05, 0) is 18.2 Å². The van der Waals surface area contributed by atoms with Crippen molar-refractivity contribution in [2.24, 2.45) is 0 Å². The number of hydrogen-bond acceptors (Lipinski definition) is 7. The van der Waals surface area contributed by atoms with Crippen molar-refractivity contribution in [2.45, 2.75) is 0 Å². The van der Waals surface area contributed by atoms with Gasteiger partial charge in [-0.25, -0.2) is 15.0 Å². The predicted octanol–water partition coefficient (Wildman–Crippen LogP) is 1.57. The first-order chi connectivity index (χ1) is 11.4. The standard InChI is InChI=1S/C16H17N7/c1-2-12-11-20-16(22-15(12)19-4-1)21-14-10-13(3-5-18-14)23-8-6-17-7-9-23/h1-5,10-11,17H,6-9H2,(H,18,19,20,21,22). The molecule has 4 rings (SSSR count). The summed E-state index contributed by atoms with van der Waals surface area (Å²) in [5.74, 6) is 1.23. The monoisotopic (exact) mass is 307 g/mol. The summed E-state index contributed by atoms with van der Waals surface area (Å²) in [6.45, 7) is 4.01. The van der Waals surface area contributed by atoms with Crippen molar-refractivity contribution in [1.29, 1.82) is 0 Å². The van der Waals surface area contributed by atoms with Crippen LogP contribution in [0.15, 0.2) is 42.9 Å². The summed E-state index contributed by atoms with van der Waals surface area (Å²) in [4.78, 5) is 19.7. The highest BCUT2D eigenvalue weighted by Crippen LogP contribution is 2.20. The fourth-order valence-corrected chi connectivity index (χ4v) is 2.65. The van der Waals surface area contributed by atoms with Gasteiger partial charge in [-0.1, -0.05) is 0 Å². The lowest BCUT2D eigenvalue weighted by atomic mass is 10.3. The Kier molecular flexibility index (Phi) is 3.69. The molecule has 2 N–H and O–H groups in total. The largest absolute Gasteiger partial charge is 0.369 e. The second-order valence-corrected chi connectivity index (χ2v) is 5.37. The van der Waals surface area contributed by atoms with Gasteiger partial charge in [-0.2, -0.15) is 4.98 Å². The molecule has 3 aromatic heterocycles. The van der Waals surface area contributed by atoms with Crippen LogP contribution in [0, 0.1) is 0 Å². The lowest BCUT2D eigenvalue weighted by Crippen LogP contribution is -2.43. The summed E-state index contributed by atoms with van der Waals surface area (Å²) < 4.78 is 0. The minimum Gasteiger partial charge on any atom is -0.369 e. The molecule has 7 nitrogen and oxygen atoms in total. The molecule has 1 aliphatic heterocycles. The zero-order valence-electron chi connectivity index (χ0n) is 12.6. The van der Waals surface area contributed by atoms with Gasteiger partial charge >= 0.3 is 0 Å². The quantitative estimate of drug-likeness (QED) is 0.760. The molecule has 1 fully saturated rings. The molecule has 1 saturated heterocycles. The molecule has 0 saturated carbocycles. The molecule has 0 amide bonds. The summed E-state index contributed by atoms with van der Waals surface area (Å²) in [6.07, 6.45) is 5.29. The Hall–Kier alpha value is -2.80. The van der Waals surface area contributed by atoms with Gasteiger partial charge in [0.25, 0.3) is 0 Å². The Morgan fingerprint density at radius 2 is 1.96 bits per heavy atom. The average molecular weight is 307 g/mol. The van der Waals surface area contributed by atoms with E-state index in [0.29, 0.717) is 11.6 Å². The highest BCUT2D eigenvalue weighted by atomic mass is 15.2. The van der Waals surface area contributed by atoms with Crippen LogP contribution in [0.5, 0.6) is 0 Å². The third-order valence-corrected chi connectivity index (χ3v) is 3.82. The van der Waals surface area contributed by atoms with E-state index in [1.165, 1.54) is 0 Å². The molecular formula is C16H17N7. The number of piperazine rings is 1. The maximum Gasteiger partial charge on any atom is 0.230 e. The molecular weight excluding hydrogens is 290 g/mol. The van der Waals surface area contributed by atoms with Gasteiger partial charge in [-0.3, -0.25) is 0 Å². The van der Waals surface area contributed by atoms with E-state index in [0.717, 1.165) is 43.1 Å². The van der Waals surface area contributed by atoms with Crippen LogP contribution < -0.4 is 15.5 Å². The van der Waals surface area contributed by atoms with E-state index in [4.69, 9.17) is 0 Å². The summed E-state index contributed by atoms with van der Waals surface area (Å²) in [5, 5.41) is 7.43. The zero-order valence-corrected chi connectivity index (χ0v) is 12.6. The third kappa shape index (κ3) is 3.04. The summed E-state index contributed by atoms with van der Waals surface area (Å²) in [5.41, 5.74) is 1.83. The summed E-state index contributed by atoms with van der Waals surface area (Å²) in [7, 11) is 0. The number of hydrogen-bond donors (Lipinski definition) is 2. The van der Waals surface area contributed by atoms with Crippen molar-refractivity contribution in [3.05, 3.63) is 42.9 Å². The molecule has 0 unspecified atom stereocenters. The van der Waals surface area contributed by atoms with Crippen LogP contribution in [0.4, 0.5) is 17.5 Å². The number of fused-ring (bicyclic) bond motifs is 1. The van der Waals surface area contributed by atoms with Crippen LogP contribution in [-0.4, -0.2) is 46.1 Å². The van der Waals surface area contributed by atoms with Gasteiger partial charge in [0.15, 0.2) is 5.65 Å². The van der Waals surface area contributed by atoms with Crippen LogP contribution in [-0.2, 0) is 0 Å². The van der Waals surface area contributed by atoms with Gasteiger partial charge in [-0.15, -0.1) is 0 Å². The number of aromatic nitrogens is 4. The SMILES string of the molecule is c1cnc2nc(Nc3cc(N4CCNCC4)ccn3)ncc2c1. The van der Waals surface area contributed by atoms with Crippen LogP contribution in [0.25, 0.3) is 11.0 Å². The molecule has 0 bridgehead atoms. The Balaban J connectivity index is 1.57. The molecule has 3 aromatic rings. The first kappa shape index (κ1) is 13.8. The Labute approximate surface area is 133 Å². The Morgan fingerprint density at radius 3 is 2.87 bits per heavy atom. The van der Waals surface area contributed by atoms with E-state index < -0.39 is 0 Å². The Morgan fingerprint density at radius 1 is 1.04 bits per heavy atom. The van der Waals surface area contributed by atoms with Gasteiger partial charge in [0, 0.05) is 61.9 Å². The summed E-state index contributed by atoms with van der Waals surface area (Å²) in [6, 6.07) is 7.86. The molecule has 0 aliphatic carbocycles. The molecule has 0 radical (unpaired) electrons. The van der Waals surface area contributed by atoms with E-state index in [1.807, 2.05) is 24.3 Å². The van der Waals surface area contributed by atoms with E-state index in [1.54, 1.807) is 18.6 Å². The molecule has 116 valence electrons. The average Bonchev–Trinajstić information content (AvgIpc) is 2.63. The van der Waals surface area contributed by atoms with Crippen LogP contribution in [0.2, 0.25) is 0 Å². The van der Waals surface area contributed by atoms with Gasteiger partial charge in [0.1, 0.15) is 5.82 Å². The minimum absolute atomic E-state index is 0.501. The maximum atomic E-state index is 4.42. The second-order valence-electron chi connectivity index (χ2n) is 5.37. The van der Waals surface area contributed by atoms with E-state index >= 15 is 0 Å². The molecule has 7 heteroatoms. The first-order valence-corrected chi connectivity index (χ1v) is 7.65. The lowest BCUT2D eigenvalue weighted by Gasteiger charge is -2.29. The summed E-state index contributed by atoms with van der Waals surface area (Å²) >= 11 is 0. The highest BCUT2D eigenvalue weighted by molar-refractivity contribution is 5.74. The lowest BCUT2D eigenvalue weighted by molar-refractivity contribution is 0.589. The number of nitrogens with zero attached hydrogens (tertiary/aromatic N) is 5. The fourth-order valence-electron chi connectivity index (χ4n) is 2.65. The van der Waals surface area contributed by atoms with Crippen LogP contribution in [0.1, 0.15) is 0 Å². The van der Waals surface area contributed by atoms with Crippen molar-refractivity contribution in [3.8, 4) is 0 Å². The van der Waals surface area contributed by atoms with Crippen molar-refractivity contribution >= 4 is 28.5 Å². The molecule has 0 spiro atoms. The van der Waals surface area contributed by atoms with Crippen LogP contribution in [0.3, 0.4) is 0 Å². The third-order valence-electron chi connectivity index (χ3n) is 3.82. The Bertz CT molecular complexity index is 814. The van der Waals surface area contributed by atoms with Crippen LogP contribution >= 0.6 is 0 Å². The van der Waals surface area contributed by atoms with Crippen molar-refractivity contribution < 1.29 is 0 Å². The predicted molar refractivity (Wildman–Crippen MR) is 89.9 cm³/mol. The van der Waals surface area contributed by atoms with Crippen molar-refractivity contribution in [1.82, 2.24) is 25.3 Å². The molecule has 1 aliphatic rings. The van der Waals surface area contributed by atoms with Crippen molar-refractivity contribution in [2.75, 3.05) is 36.4 Å². The number of rotatable bonds is 3. The normalized spacial score (nSPS) is 14.9. The van der Waals surface area contributed by atoms with E-state index in [2.05, 4.69) is 35.5 Å². The smallest absolute Gasteiger partial charge is 0.230 e. The molecule has 0 aromatic carbocycles. The number of pyridine rings is 2. The molecule has 23 heavy (non-hydrogen) atoms. The van der Waals surface area contributed by atoms with Crippen molar-refractivity contribution in [3.63, 3.8) is 0 Å². The number of anilines is 3. The minimum atomic E-state index is 0.501. The molecule has 4 heterocycles.